The number of carbonyl (C=O) groups excluding carboxylic acids is 1. The molecule has 5 rings (SSSR count). The Kier molecular flexibility index (Phi) is 5.31. The van der Waals surface area contributed by atoms with Crippen LogP contribution in [0.2, 0.25) is 0 Å². The van der Waals surface area contributed by atoms with Crippen molar-refractivity contribution in [3.63, 3.8) is 0 Å². The molecular weight excluding hydrogens is 410 g/mol. The summed E-state index contributed by atoms with van der Waals surface area (Å²) in [5, 5.41) is 3.35. The van der Waals surface area contributed by atoms with E-state index in [0.717, 1.165) is 42.9 Å². The highest BCUT2D eigenvalue weighted by molar-refractivity contribution is 7.83. The summed E-state index contributed by atoms with van der Waals surface area (Å²) in [7, 11) is -1.53. The standard InChI is InChI=1S/C23H21N5O2S/c29-23(19-7-1-2-9-25-19)17-5-3-6-18(15-17)31(30)28-16-21(27-13-11-24-12-14-27)22-20(28)8-4-10-26-22/h1-10,15-16,24H,11-14H2. The largest absolute Gasteiger partial charge is 0.366 e. The summed E-state index contributed by atoms with van der Waals surface area (Å²) >= 11 is 0. The monoisotopic (exact) mass is 431 g/mol. The quantitative estimate of drug-likeness (QED) is 0.490. The SMILES string of the molecule is O=C(c1cccc(S(=O)n2cc(N3CCNCC3)c3ncccc32)c1)c1ccccn1. The van der Waals surface area contributed by atoms with E-state index in [1.54, 1.807) is 58.8 Å². The second kappa shape index (κ2) is 8.41. The molecule has 4 aromatic rings. The van der Waals surface area contributed by atoms with Gasteiger partial charge in [0, 0.05) is 50.3 Å². The Morgan fingerprint density at radius 1 is 0.968 bits per heavy atom. The lowest BCUT2D eigenvalue weighted by molar-refractivity contribution is 0.103. The van der Waals surface area contributed by atoms with Crippen molar-refractivity contribution in [2.75, 3.05) is 31.1 Å². The van der Waals surface area contributed by atoms with Crippen molar-refractivity contribution in [2.45, 2.75) is 4.90 Å². The Morgan fingerprint density at radius 2 is 1.81 bits per heavy atom. The van der Waals surface area contributed by atoms with Gasteiger partial charge in [0.15, 0.2) is 11.0 Å². The number of rotatable bonds is 5. The minimum atomic E-state index is -1.53. The van der Waals surface area contributed by atoms with Crippen LogP contribution in [0.4, 0.5) is 5.69 Å². The van der Waals surface area contributed by atoms with Crippen molar-refractivity contribution >= 4 is 33.5 Å². The Bertz CT molecular complexity index is 1270. The van der Waals surface area contributed by atoms with E-state index in [4.69, 9.17) is 0 Å². The first-order chi connectivity index (χ1) is 15.2. The van der Waals surface area contributed by atoms with E-state index in [1.807, 2.05) is 18.3 Å². The van der Waals surface area contributed by atoms with Crippen LogP contribution in [0, 0.1) is 0 Å². The molecule has 1 saturated heterocycles. The first-order valence-electron chi connectivity index (χ1n) is 10.1. The molecule has 7 nitrogen and oxygen atoms in total. The smallest absolute Gasteiger partial charge is 0.211 e. The number of carbonyl (C=O) groups is 1. The van der Waals surface area contributed by atoms with Crippen LogP contribution in [0.5, 0.6) is 0 Å². The summed E-state index contributed by atoms with van der Waals surface area (Å²) in [5.41, 5.74) is 3.43. The molecule has 1 aliphatic rings. The third-order valence-corrected chi connectivity index (χ3v) is 6.65. The van der Waals surface area contributed by atoms with Gasteiger partial charge in [0.1, 0.15) is 11.2 Å². The molecule has 1 atom stereocenters. The van der Waals surface area contributed by atoms with Crippen LogP contribution in [-0.2, 0) is 11.0 Å². The Morgan fingerprint density at radius 3 is 2.61 bits per heavy atom. The molecule has 0 saturated carbocycles. The molecule has 0 bridgehead atoms. The van der Waals surface area contributed by atoms with Gasteiger partial charge < -0.3 is 10.2 Å². The number of nitrogens with one attached hydrogen (secondary N) is 1. The van der Waals surface area contributed by atoms with Gasteiger partial charge in [-0.1, -0.05) is 18.2 Å². The number of nitrogens with zero attached hydrogens (tertiary/aromatic N) is 4. The molecule has 8 heteroatoms. The lowest BCUT2D eigenvalue weighted by Crippen LogP contribution is -2.43. The summed E-state index contributed by atoms with van der Waals surface area (Å²) in [6, 6.07) is 15.9. The zero-order chi connectivity index (χ0) is 21.2. The number of ketones is 1. The van der Waals surface area contributed by atoms with Gasteiger partial charge in [-0.15, -0.1) is 0 Å². The number of hydrogen-bond donors (Lipinski definition) is 1. The van der Waals surface area contributed by atoms with Gasteiger partial charge in [0.2, 0.25) is 5.78 Å². The predicted molar refractivity (Wildman–Crippen MR) is 121 cm³/mol. The maximum absolute atomic E-state index is 13.6. The van der Waals surface area contributed by atoms with E-state index in [2.05, 4.69) is 20.2 Å². The average molecular weight is 432 g/mol. The van der Waals surface area contributed by atoms with Gasteiger partial charge in [-0.3, -0.25) is 18.7 Å². The third kappa shape index (κ3) is 3.75. The molecule has 4 heterocycles. The van der Waals surface area contributed by atoms with Gasteiger partial charge in [-0.2, -0.15) is 0 Å². The highest BCUT2D eigenvalue weighted by Gasteiger charge is 2.21. The first-order valence-corrected chi connectivity index (χ1v) is 11.2. The molecular formula is C23H21N5O2S. The van der Waals surface area contributed by atoms with Crippen LogP contribution < -0.4 is 10.2 Å². The zero-order valence-corrected chi connectivity index (χ0v) is 17.6. The second-order valence-corrected chi connectivity index (χ2v) is 8.63. The molecule has 156 valence electrons. The maximum Gasteiger partial charge on any atom is 0.211 e. The number of benzene rings is 1. The Balaban J connectivity index is 1.53. The summed E-state index contributed by atoms with van der Waals surface area (Å²) in [6.45, 7) is 3.55. The molecule has 3 aromatic heterocycles. The van der Waals surface area contributed by atoms with Crippen molar-refractivity contribution < 1.29 is 9.00 Å². The maximum atomic E-state index is 13.6. The molecule has 1 fully saturated rings. The fourth-order valence-electron chi connectivity index (χ4n) is 3.79. The Hall–Kier alpha value is -3.36. The highest BCUT2D eigenvalue weighted by Crippen LogP contribution is 2.29. The molecule has 1 aliphatic heterocycles. The zero-order valence-electron chi connectivity index (χ0n) is 16.8. The topological polar surface area (TPSA) is 80.1 Å². The number of anilines is 1. The molecule has 1 N–H and O–H groups in total. The third-order valence-electron chi connectivity index (χ3n) is 5.34. The van der Waals surface area contributed by atoms with Crippen molar-refractivity contribution in [3.8, 4) is 0 Å². The molecule has 0 amide bonds. The Labute approximate surface area is 182 Å². The van der Waals surface area contributed by atoms with E-state index in [0.29, 0.717) is 16.2 Å². The normalized spacial score (nSPS) is 15.2. The molecule has 0 radical (unpaired) electrons. The molecule has 1 aromatic carbocycles. The van der Waals surface area contributed by atoms with Crippen molar-refractivity contribution in [2.24, 2.45) is 0 Å². The van der Waals surface area contributed by atoms with E-state index < -0.39 is 11.0 Å². The van der Waals surface area contributed by atoms with Crippen molar-refractivity contribution in [3.05, 3.63) is 84.4 Å². The predicted octanol–water partition coefficient (Wildman–Crippen LogP) is 2.64. The average Bonchev–Trinajstić information content (AvgIpc) is 3.24. The van der Waals surface area contributed by atoms with Gasteiger partial charge in [-0.25, -0.2) is 4.21 Å². The van der Waals surface area contributed by atoms with Gasteiger partial charge in [0.05, 0.1) is 16.1 Å². The number of hydrogen-bond acceptors (Lipinski definition) is 6. The number of pyridine rings is 2. The van der Waals surface area contributed by atoms with Crippen LogP contribution in [-0.4, -0.2) is 50.1 Å². The van der Waals surface area contributed by atoms with Crippen molar-refractivity contribution in [1.82, 2.24) is 19.3 Å². The molecule has 1 unspecified atom stereocenters. The molecule has 0 spiro atoms. The van der Waals surface area contributed by atoms with Gasteiger partial charge in [0.25, 0.3) is 0 Å². The fourth-order valence-corrected chi connectivity index (χ4v) is 4.96. The van der Waals surface area contributed by atoms with Crippen LogP contribution in [0.1, 0.15) is 16.1 Å². The first kappa shape index (κ1) is 19.6. The van der Waals surface area contributed by atoms with Crippen molar-refractivity contribution in [1.29, 1.82) is 0 Å². The molecule has 31 heavy (non-hydrogen) atoms. The lowest BCUT2D eigenvalue weighted by atomic mass is 10.1. The van der Waals surface area contributed by atoms with Crippen LogP contribution in [0.3, 0.4) is 0 Å². The van der Waals surface area contributed by atoms with Crippen LogP contribution in [0.25, 0.3) is 11.0 Å². The van der Waals surface area contributed by atoms with Crippen LogP contribution in [0.15, 0.2) is 78.1 Å². The number of aromatic nitrogens is 3. The second-order valence-electron chi connectivity index (χ2n) is 7.27. The number of fused-ring (bicyclic) bond motifs is 1. The summed E-state index contributed by atoms with van der Waals surface area (Å²) in [4.78, 5) is 24.3. The number of piperazine rings is 1. The molecule has 0 aliphatic carbocycles. The van der Waals surface area contributed by atoms with Crippen LogP contribution >= 0.6 is 0 Å². The minimum absolute atomic E-state index is 0.194. The summed E-state index contributed by atoms with van der Waals surface area (Å²) in [5.74, 6) is -0.194. The minimum Gasteiger partial charge on any atom is -0.366 e. The van der Waals surface area contributed by atoms with E-state index in [-0.39, 0.29) is 5.78 Å². The van der Waals surface area contributed by atoms with Gasteiger partial charge in [-0.05, 0) is 36.4 Å². The summed E-state index contributed by atoms with van der Waals surface area (Å²) < 4.78 is 15.3. The van der Waals surface area contributed by atoms with E-state index >= 15 is 0 Å². The highest BCUT2D eigenvalue weighted by atomic mass is 32.2. The summed E-state index contributed by atoms with van der Waals surface area (Å²) in [6.07, 6.45) is 5.26. The van der Waals surface area contributed by atoms with E-state index in [1.165, 1.54) is 0 Å². The lowest BCUT2D eigenvalue weighted by Gasteiger charge is -2.28. The fraction of sp³-hybridized carbons (Fsp3) is 0.174. The van der Waals surface area contributed by atoms with E-state index in [9.17, 15) is 9.00 Å². The van der Waals surface area contributed by atoms with Gasteiger partial charge >= 0.3 is 0 Å².